The molecule has 140 valence electrons. The summed E-state index contributed by atoms with van der Waals surface area (Å²) in [7, 11) is 0. The fourth-order valence-corrected chi connectivity index (χ4v) is 3.12. The van der Waals surface area contributed by atoms with Crippen LogP contribution in [0, 0.1) is 0 Å². The van der Waals surface area contributed by atoms with Crippen molar-refractivity contribution < 1.29 is 14.3 Å². The van der Waals surface area contributed by atoms with E-state index in [4.69, 9.17) is 21.1 Å². The fourth-order valence-electron chi connectivity index (χ4n) is 2.91. The first-order chi connectivity index (χ1) is 12.1. The number of halogens is 1. The molecule has 1 atom stereocenters. The van der Waals surface area contributed by atoms with Gasteiger partial charge in [-0.3, -0.25) is 4.90 Å². The summed E-state index contributed by atoms with van der Waals surface area (Å²) < 4.78 is 11.4. The predicted molar refractivity (Wildman–Crippen MR) is 95.5 cm³/mol. The van der Waals surface area contributed by atoms with Gasteiger partial charge >= 0.3 is 6.09 Å². The van der Waals surface area contributed by atoms with Gasteiger partial charge in [0.1, 0.15) is 11.3 Å². The Labute approximate surface area is 156 Å². The zero-order chi connectivity index (χ0) is 19.1. The van der Waals surface area contributed by atoms with Gasteiger partial charge in [-0.25, -0.2) is 9.89 Å². The van der Waals surface area contributed by atoms with Crippen molar-refractivity contribution >= 4 is 17.7 Å². The summed E-state index contributed by atoms with van der Waals surface area (Å²) in [5.41, 5.74) is 0.123. The van der Waals surface area contributed by atoms with Crippen LogP contribution >= 0.6 is 11.6 Å². The summed E-state index contributed by atoms with van der Waals surface area (Å²) in [6.45, 7) is 9.54. The van der Waals surface area contributed by atoms with Crippen LogP contribution in [0.3, 0.4) is 0 Å². The molecule has 1 aromatic heterocycles. The number of hydrogen-bond acceptors (Lipinski definition) is 6. The van der Waals surface area contributed by atoms with E-state index in [1.165, 1.54) is 0 Å². The molecule has 0 bridgehead atoms. The van der Waals surface area contributed by atoms with Crippen LogP contribution in [0.4, 0.5) is 4.79 Å². The largest absolute Gasteiger partial charge is 0.444 e. The molecule has 1 amide bonds. The molecule has 0 radical (unpaired) electrons. The number of nitrogens with one attached hydrogen (secondary N) is 1. The van der Waals surface area contributed by atoms with Gasteiger partial charge in [0.05, 0.1) is 17.7 Å². The van der Waals surface area contributed by atoms with E-state index < -0.39 is 17.4 Å². The van der Waals surface area contributed by atoms with Crippen LogP contribution in [0.1, 0.15) is 46.2 Å². The molecule has 8 nitrogen and oxygen atoms in total. The third kappa shape index (κ3) is 3.66. The Morgan fingerprint density at radius 1 is 1.42 bits per heavy atom. The van der Waals surface area contributed by atoms with Crippen molar-refractivity contribution in [1.82, 2.24) is 25.5 Å². The molecule has 0 aliphatic carbocycles. The van der Waals surface area contributed by atoms with Crippen LogP contribution in [-0.4, -0.2) is 49.6 Å². The fraction of sp³-hybridized carbons (Fsp3) is 0.529. The van der Waals surface area contributed by atoms with E-state index in [9.17, 15) is 4.79 Å². The predicted octanol–water partition coefficient (Wildman–Crippen LogP) is 3.56. The number of H-pyrrole nitrogens is 1. The first kappa shape index (κ1) is 18.6. The number of tetrazole rings is 1. The SMILES string of the molecule is CC(C)(C)OC(=O)N1C(c2ccc(Cl)c(-c3nnn[nH]3)c2)COC1(C)C. The van der Waals surface area contributed by atoms with E-state index in [1.54, 1.807) is 11.0 Å². The molecule has 2 heterocycles. The number of carbonyl (C=O) groups excluding carboxylic acids is 1. The highest BCUT2D eigenvalue weighted by atomic mass is 35.5. The number of carbonyl (C=O) groups is 1. The summed E-state index contributed by atoms with van der Waals surface area (Å²) in [5, 5.41) is 14.3. The molecule has 1 aromatic carbocycles. The van der Waals surface area contributed by atoms with Crippen LogP contribution in [-0.2, 0) is 9.47 Å². The maximum absolute atomic E-state index is 12.8. The van der Waals surface area contributed by atoms with E-state index in [0.717, 1.165) is 5.56 Å². The van der Waals surface area contributed by atoms with Gasteiger partial charge in [-0.1, -0.05) is 17.7 Å². The van der Waals surface area contributed by atoms with Crippen LogP contribution in [0.15, 0.2) is 18.2 Å². The standard InChI is InChI=1S/C17H22ClN5O3/c1-16(2,3)26-15(24)23-13(9-25-17(23,4)5)10-6-7-12(18)11(8-10)14-19-21-22-20-14/h6-8,13H,9H2,1-5H3,(H,19,20,21,22). The van der Waals surface area contributed by atoms with Crippen molar-refractivity contribution in [3.8, 4) is 11.4 Å². The maximum Gasteiger partial charge on any atom is 0.413 e. The molecule has 1 fully saturated rings. The van der Waals surface area contributed by atoms with Gasteiger partial charge in [-0.15, -0.1) is 5.10 Å². The molecule has 2 aromatic rings. The first-order valence-electron chi connectivity index (χ1n) is 8.28. The Balaban J connectivity index is 1.97. The molecular formula is C17H22ClN5O3. The second kappa shape index (κ2) is 6.51. The third-order valence-electron chi connectivity index (χ3n) is 4.05. The molecule has 3 rings (SSSR count). The van der Waals surface area contributed by atoms with Crippen molar-refractivity contribution in [2.45, 2.75) is 52.0 Å². The van der Waals surface area contributed by atoms with E-state index in [2.05, 4.69) is 20.6 Å². The van der Waals surface area contributed by atoms with Gasteiger partial charge in [0, 0.05) is 5.56 Å². The Bertz CT molecular complexity index is 801. The van der Waals surface area contributed by atoms with Gasteiger partial charge < -0.3 is 9.47 Å². The van der Waals surface area contributed by atoms with Crippen molar-refractivity contribution in [1.29, 1.82) is 0 Å². The summed E-state index contributed by atoms with van der Waals surface area (Å²) in [5.74, 6) is 0.457. The van der Waals surface area contributed by atoms with E-state index in [1.807, 2.05) is 46.8 Å². The van der Waals surface area contributed by atoms with Gasteiger partial charge in [0.15, 0.2) is 5.82 Å². The smallest absolute Gasteiger partial charge is 0.413 e. The first-order valence-corrected chi connectivity index (χ1v) is 8.66. The minimum Gasteiger partial charge on any atom is -0.444 e. The highest BCUT2D eigenvalue weighted by Gasteiger charge is 2.46. The highest BCUT2D eigenvalue weighted by Crippen LogP contribution is 2.39. The summed E-state index contributed by atoms with van der Waals surface area (Å²) in [4.78, 5) is 14.4. The molecule has 1 unspecified atom stereocenters. The van der Waals surface area contributed by atoms with Gasteiger partial charge in [-0.05, 0) is 62.7 Å². The van der Waals surface area contributed by atoms with Gasteiger partial charge in [0.2, 0.25) is 0 Å². The molecule has 1 N–H and O–H groups in total. The van der Waals surface area contributed by atoms with Crippen molar-refractivity contribution in [3.05, 3.63) is 28.8 Å². The Hall–Kier alpha value is -2.19. The van der Waals surface area contributed by atoms with E-state index in [0.29, 0.717) is 23.0 Å². The lowest BCUT2D eigenvalue weighted by molar-refractivity contribution is -0.0626. The molecule has 1 aliphatic rings. The third-order valence-corrected chi connectivity index (χ3v) is 4.38. The van der Waals surface area contributed by atoms with Gasteiger partial charge in [-0.2, -0.15) is 0 Å². The molecule has 1 aliphatic heterocycles. The number of amides is 1. The second-order valence-corrected chi connectivity index (χ2v) is 8.02. The number of benzene rings is 1. The molecule has 1 saturated heterocycles. The van der Waals surface area contributed by atoms with Crippen molar-refractivity contribution in [3.63, 3.8) is 0 Å². The molecular weight excluding hydrogens is 358 g/mol. The zero-order valence-corrected chi connectivity index (χ0v) is 16.2. The van der Waals surface area contributed by atoms with Crippen molar-refractivity contribution in [2.24, 2.45) is 0 Å². The van der Waals surface area contributed by atoms with E-state index in [-0.39, 0.29) is 6.04 Å². The minimum atomic E-state index is -0.791. The maximum atomic E-state index is 12.8. The lowest BCUT2D eigenvalue weighted by Gasteiger charge is -2.35. The monoisotopic (exact) mass is 379 g/mol. The number of nitrogens with zero attached hydrogens (tertiary/aromatic N) is 4. The topological polar surface area (TPSA) is 93.2 Å². The number of aromatic amines is 1. The lowest BCUT2D eigenvalue weighted by Crippen LogP contribution is -2.47. The Morgan fingerprint density at radius 2 is 2.15 bits per heavy atom. The number of ether oxygens (including phenoxy) is 2. The van der Waals surface area contributed by atoms with Gasteiger partial charge in [0.25, 0.3) is 0 Å². The van der Waals surface area contributed by atoms with Crippen LogP contribution < -0.4 is 0 Å². The lowest BCUT2D eigenvalue weighted by atomic mass is 10.0. The second-order valence-electron chi connectivity index (χ2n) is 7.61. The average molecular weight is 380 g/mol. The zero-order valence-electron chi connectivity index (χ0n) is 15.4. The van der Waals surface area contributed by atoms with Crippen LogP contribution in [0.5, 0.6) is 0 Å². The normalized spacial score (nSPS) is 19.6. The van der Waals surface area contributed by atoms with Crippen LogP contribution in [0.25, 0.3) is 11.4 Å². The number of hydrogen-bond donors (Lipinski definition) is 1. The summed E-state index contributed by atoms with van der Waals surface area (Å²) in [6.07, 6.45) is -0.428. The van der Waals surface area contributed by atoms with Crippen molar-refractivity contribution in [2.75, 3.05) is 6.61 Å². The Morgan fingerprint density at radius 3 is 2.77 bits per heavy atom. The molecule has 0 saturated carbocycles. The minimum absolute atomic E-state index is 0.313. The summed E-state index contributed by atoms with van der Waals surface area (Å²) >= 11 is 6.28. The van der Waals surface area contributed by atoms with E-state index >= 15 is 0 Å². The number of aromatic nitrogens is 4. The highest BCUT2D eigenvalue weighted by molar-refractivity contribution is 6.33. The molecule has 0 spiro atoms. The number of rotatable bonds is 2. The molecule has 26 heavy (non-hydrogen) atoms. The average Bonchev–Trinajstić information content (AvgIpc) is 3.13. The Kier molecular flexibility index (Phi) is 4.66. The quantitative estimate of drug-likeness (QED) is 0.857. The van der Waals surface area contributed by atoms with Crippen LogP contribution in [0.2, 0.25) is 5.02 Å². The molecule has 9 heteroatoms. The summed E-state index contributed by atoms with van der Waals surface area (Å²) in [6, 6.07) is 5.17.